The molecule has 3 aromatic carbocycles. The van der Waals surface area contributed by atoms with Crippen molar-refractivity contribution in [1.29, 1.82) is 0 Å². The number of ether oxygens (including phenoxy) is 2. The molecule has 0 atom stereocenters. The van der Waals surface area contributed by atoms with Crippen molar-refractivity contribution in [3.05, 3.63) is 106 Å². The predicted molar refractivity (Wildman–Crippen MR) is 129 cm³/mol. The SMILES string of the molecule is Cc1cccc(Oc2coc3cc(OC(=O)C=Cc4ccc(C(C)C)cc4)ccc3c2=O)c1. The standard InChI is InChI=1S/C28H24O5/c1-18(2)21-10-7-20(8-11-21)9-14-27(29)33-23-12-13-24-25(16-23)31-17-26(28(24)30)32-22-6-4-5-19(3)15-22/h4-18H,1-3H3. The average Bonchev–Trinajstić information content (AvgIpc) is 2.80. The Bertz CT molecular complexity index is 1380. The second-order valence-electron chi connectivity index (χ2n) is 8.08. The monoisotopic (exact) mass is 440 g/mol. The number of benzene rings is 3. The second-order valence-corrected chi connectivity index (χ2v) is 8.08. The minimum Gasteiger partial charge on any atom is -0.460 e. The van der Waals surface area contributed by atoms with Crippen LogP contribution in [0.5, 0.6) is 17.2 Å². The van der Waals surface area contributed by atoms with Gasteiger partial charge >= 0.3 is 5.97 Å². The van der Waals surface area contributed by atoms with Gasteiger partial charge in [0.05, 0.1) is 5.39 Å². The zero-order valence-corrected chi connectivity index (χ0v) is 18.7. The number of hydrogen-bond acceptors (Lipinski definition) is 5. The van der Waals surface area contributed by atoms with Gasteiger partial charge in [-0.05, 0) is 59.9 Å². The highest BCUT2D eigenvalue weighted by molar-refractivity contribution is 5.89. The lowest BCUT2D eigenvalue weighted by atomic mass is 10.0. The highest BCUT2D eigenvalue weighted by atomic mass is 16.5. The van der Waals surface area contributed by atoms with Crippen molar-refractivity contribution >= 4 is 23.0 Å². The van der Waals surface area contributed by atoms with Crippen LogP contribution in [-0.2, 0) is 4.79 Å². The molecule has 5 nitrogen and oxygen atoms in total. The summed E-state index contributed by atoms with van der Waals surface area (Å²) < 4.78 is 16.6. The number of carbonyl (C=O) groups is 1. The molecule has 5 heteroatoms. The van der Waals surface area contributed by atoms with Crippen molar-refractivity contribution in [3.63, 3.8) is 0 Å². The summed E-state index contributed by atoms with van der Waals surface area (Å²) in [5, 5.41) is 0.334. The van der Waals surface area contributed by atoms with Crippen LogP contribution in [-0.4, -0.2) is 5.97 Å². The Kier molecular flexibility index (Phi) is 6.41. The zero-order chi connectivity index (χ0) is 23.4. The number of esters is 1. The van der Waals surface area contributed by atoms with Crippen LogP contribution < -0.4 is 14.9 Å². The Morgan fingerprint density at radius 1 is 0.970 bits per heavy atom. The van der Waals surface area contributed by atoms with Gasteiger partial charge in [0.1, 0.15) is 23.3 Å². The van der Waals surface area contributed by atoms with Crippen molar-refractivity contribution < 1.29 is 18.7 Å². The Hall–Kier alpha value is -4.12. The van der Waals surface area contributed by atoms with Gasteiger partial charge in [-0.3, -0.25) is 4.79 Å². The van der Waals surface area contributed by atoms with Crippen molar-refractivity contribution in [2.45, 2.75) is 26.7 Å². The number of rotatable bonds is 6. The molecular weight excluding hydrogens is 416 g/mol. The minimum atomic E-state index is -0.524. The van der Waals surface area contributed by atoms with Crippen LogP contribution in [0.25, 0.3) is 17.0 Å². The molecule has 4 aromatic rings. The lowest BCUT2D eigenvalue weighted by molar-refractivity contribution is -0.128. The molecule has 0 N–H and O–H groups in total. The molecule has 166 valence electrons. The van der Waals surface area contributed by atoms with E-state index >= 15 is 0 Å². The number of aryl methyl sites for hydroxylation is 1. The summed E-state index contributed by atoms with van der Waals surface area (Å²) in [5.74, 6) is 0.847. The van der Waals surface area contributed by atoms with Crippen LogP contribution in [0.2, 0.25) is 0 Å². The summed E-state index contributed by atoms with van der Waals surface area (Å²) in [7, 11) is 0. The molecule has 0 aliphatic carbocycles. The maximum Gasteiger partial charge on any atom is 0.336 e. The van der Waals surface area contributed by atoms with E-state index in [1.165, 1.54) is 24.0 Å². The largest absolute Gasteiger partial charge is 0.460 e. The highest BCUT2D eigenvalue weighted by Crippen LogP contribution is 2.24. The molecule has 0 saturated carbocycles. The molecule has 0 amide bonds. The van der Waals surface area contributed by atoms with Crippen LogP contribution in [0, 0.1) is 6.92 Å². The summed E-state index contributed by atoms with van der Waals surface area (Å²) in [6, 6.07) is 20.0. The van der Waals surface area contributed by atoms with Gasteiger partial charge < -0.3 is 13.9 Å². The van der Waals surface area contributed by atoms with Crippen molar-refractivity contribution in [1.82, 2.24) is 0 Å². The summed E-state index contributed by atoms with van der Waals surface area (Å²) >= 11 is 0. The van der Waals surface area contributed by atoms with Crippen molar-refractivity contribution in [2.24, 2.45) is 0 Å². The minimum absolute atomic E-state index is 0.0873. The first kappa shape index (κ1) is 22.1. The van der Waals surface area contributed by atoms with Crippen molar-refractivity contribution in [3.8, 4) is 17.2 Å². The molecule has 0 unspecified atom stereocenters. The van der Waals surface area contributed by atoms with Crippen LogP contribution in [0.1, 0.15) is 36.5 Å². The summed E-state index contributed by atoms with van der Waals surface area (Å²) in [6.45, 7) is 6.20. The lowest BCUT2D eigenvalue weighted by Crippen LogP contribution is -2.06. The Labute approximate surface area is 191 Å². The van der Waals surface area contributed by atoms with Gasteiger partial charge in [-0.1, -0.05) is 50.2 Å². The van der Waals surface area contributed by atoms with E-state index in [0.29, 0.717) is 22.6 Å². The Morgan fingerprint density at radius 3 is 2.48 bits per heavy atom. The normalized spacial score (nSPS) is 11.3. The van der Waals surface area contributed by atoms with Crippen LogP contribution in [0.3, 0.4) is 0 Å². The molecule has 0 aliphatic rings. The smallest absolute Gasteiger partial charge is 0.336 e. The van der Waals surface area contributed by atoms with E-state index in [1.807, 2.05) is 49.4 Å². The van der Waals surface area contributed by atoms with Gasteiger partial charge in [0.25, 0.3) is 0 Å². The lowest BCUT2D eigenvalue weighted by Gasteiger charge is -2.07. The third-order valence-electron chi connectivity index (χ3n) is 5.17. The zero-order valence-electron chi connectivity index (χ0n) is 18.7. The van der Waals surface area contributed by atoms with Crippen molar-refractivity contribution in [2.75, 3.05) is 0 Å². The van der Waals surface area contributed by atoms with Gasteiger partial charge in [-0.15, -0.1) is 0 Å². The quantitative estimate of drug-likeness (QED) is 0.191. The van der Waals surface area contributed by atoms with Gasteiger partial charge in [-0.25, -0.2) is 4.79 Å². The first-order chi connectivity index (χ1) is 15.9. The third kappa shape index (κ3) is 5.39. The fourth-order valence-corrected chi connectivity index (χ4v) is 3.34. The molecular formula is C28H24O5. The fraction of sp³-hybridized carbons (Fsp3) is 0.143. The molecule has 33 heavy (non-hydrogen) atoms. The molecule has 0 aliphatic heterocycles. The Morgan fingerprint density at radius 2 is 1.76 bits per heavy atom. The van der Waals surface area contributed by atoms with Crippen LogP contribution >= 0.6 is 0 Å². The molecule has 0 saturated heterocycles. The first-order valence-corrected chi connectivity index (χ1v) is 10.7. The molecule has 1 heterocycles. The molecule has 4 rings (SSSR count). The highest BCUT2D eigenvalue weighted by Gasteiger charge is 2.11. The average molecular weight is 440 g/mol. The van der Waals surface area contributed by atoms with E-state index < -0.39 is 5.97 Å². The van der Waals surface area contributed by atoms with Gasteiger partial charge in [-0.2, -0.15) is 0 Å². The van der Waals surface area contributed by atoms with E-state index in [1.54, 1.807) is 24.3 Å². The number of hydrogen-bond donors (Lipinski definition) is 0. The first-order valence-electron chi connectivity index (χ1n) is 10.7. The van der Waals surface area contributed by atoms with Gasteiger partial charge in [0, 0.05) is 12.1 Å². The number of carbonyl (C=O) groups excluding carboxylic acids is 1. The summed E-state index contributed by atoms with van der Waals surface area (Å²) in [6.07, 6.45) is 4.32. The van der Waals surface area contributed by atoms with Gasteiger partial charge in [0.2, 0.25) is 11.2 Å². The molecule has 0 radical (unpaired) electrons. The molecule has 1 aromatic heterocycles. The predicted octanol–water partition coefficient (Wildman–Crippen LogP) is 6.64. The van der Waals surface area contributed by atoms with E-state index in [2.05, 4.69) is 13.8 Å². The van der Waals surface area contributed by atoms with E-state index in [4.69, 9.17) is 13.9 Å². The Balaban J connectivity index is 1.47. The van der Waals surface area contributed by atoms with Gasteiger partial charge in [0.15, 0.2) is 0 Å². The fourth-order valence-electron chi connectivity index (χ4n) is 3.34. The molecule has 0 bridgehead atoms. The number of fused-ring (bicyclic) bond motifs is 1. The maximum absolute atomic E-state index is 12.8. The van der Waals surface area contributed by atoms with E-state index in [9.17, 15) is 9.59 Å². The van der Waals surface area contributed by atoms with Crippen LogP contribution in [0.15, 0.2) is 88.3 Å². The summed E-state index contributed by atoms with van der Waals surface area (Å²) in [4.78, 5) is 25.0. The maximum atomic E-state index is 12.8. The topological polar surface area (TPSA) is 65.7 Å². The van der Waals surface area contributed by atoms with E-state index in [0.717, 1.165) is 11.1 Å². The second kappa shape index (κ2) is 9.57. The van der Waals surface area contributed by atoms with E-state index in [-0.39, 0.29) is 16.9 Å². The third-order valence-corrected chi connectivity index (χ3v) is 5.17. The summed E-state index contributed by atoms with van der Waals surface area (Å²) in [5.41, 5.74) is 3.16. The molecule has 0 fully saturated rings. The van der Waals surface area contributed by atoms with Crippen LogP contribution in [0.4, 0.5) is 0 Å². The molecule has 0 spiro atoms.